The molecule has 2 atom stereocenters. The summed E-state index contributed by atoms with van der Waals surface area (Å²) >= 11 is 0. The summed E-state index contributed by atoms with van der Waals surface area (Å²) in [7, 11) is 0. The lowest BCUT2D eigenvalue weighted by Gasteiger charge is -2.13. The van der Waals surface area contributed by atoms with Crippen LogP contribution in [0.1, 0.15) is 19.8 Å². The van der Waals surface area contributed by atoms with Crippen LogP contribution in [-0.4, -0.2) is 31.2 Å². The fourth-order valence-corrected chi connectivity index (χ4v) is 1.73. The number of rotatable bonds is 3. The molecule has 0 aliphatic carbocycles. The van der Waals surface area contributed by atoms with Crippen LogP contribution in [0.5, 0.6) is 0 Å². The predicted octanol–water partition coefficient (Wildman–Crippen LogP) is -0.610. The van der Waals surface area contributed by atoms with Gasteiger partial charge in [-0.25, -0.2) is 0 Å². The Morgan fingerprint density at radius 3 is 2.73 bits per heavy atom. The molecule has 1 heterocycles. The van der Waals surface area contributed by atoms with Crippen LogP contribution in [-0.2, 0) is 4.74 Å². The number of nitrogens with two attached hydrogens (primary N) is 3. The maximum absolute atomic E-state index is 5.53. The average Bonchev–Trinajstić information content (AvgIpc) is 2.60. The van der Waals surface area contributed by atoms with Gasteiger partial charge < -0.3 is 21.9 Å². The topological polar surface area (TPSA) is 112 Å². The van der Waals surface area contributed by atoms with Gasteiger partial charge in [-0.15, -0.1) is 0 Å². The maximum Gasteiger partial charge on any atom is 0.218 e. The lowest BCUT2D eigenvalue weighted by atomic mass is 10.0. The minimum Gasteiger partial charge on any atom is -0.378 e. The molecule has 86 valence electrons. The van der Waals surface area contributed by atoms with Crippen LogP contribution < -0.4 is 17.2 Å². The molecule has 0 amide bonds. The van der Waals surface area contributed by atoms with Crippen LogP contribution in [0.15, 0.2) is 9.98 Å². The molecule has 0 saturated carbocycles. The Balaban J connectivity index is 2.45. The average molecular weight is 213 g/mol. The molecule has 6 N–H and O–H groups in total. The van der Waals surface area contributed by atoms with E-state index in [-0.39, 0.29) is 11.9 Å². The summed E-state index contributed by atoms with van der Waals surface area (Å²) in [4.78, 5) is 7.76. The van der Waals surface area contributed by atoms with E-state index in [9.17, 15) is 0 Å². The second-order valence-corrected chi connectivity index (χ2v) is 3.60. The van der Waals surface area contributed by atoms with E-state index < -0.39 is 0 Å². The quantitative estimate of drug-likeness (QED) is 0.429. The third-order valence-electron chi connectivity index (χ3n) is 2.48. The number of nitrogens with zero attached hydrogens (tertiary/aromatic N) is 2. The van der Waals surface area contributed by atoms with Crippen molar-refractivity contribution in [2.24, 2.45) is 33.1 Å². The molecule has 6 nitrogen and oxygen atoms in total. The summed E-state index contributed by atoms with van der Waals surface area (Å²) in [6.45, 7) is 3.54. The van der Waals surface area contributed by atoms with Crippen molar-refractivity contribution in [1.82, 2.24) is 0 Å². The molecule has 15 heavy (non-hydrogen) atoms. The standard InChI is InChI=1S/C9H19N5O/c1-2-7-6(3-4-15-7)5-13-9(12)14-8(10)11/h6-7H,2-5H2,1H3,(H6,10,11,12,13,14). The molecule has 2 unspecified atom stereocenters. The fourth-order valence-electron chi connectivity index (χ4n) is 1.73. The second-order valence-electron chi connectivity index (χ2n) is 3.60. The van der Waals surface area contributed by atoms with Gasteiger partial charge in [0.25, 0.3) is 0 Å². The van der Waals surface area contributed by atoms with Gasteiger partial charge in [-0.05, 0) is 12.8 Å². The zero-order chi connectivity index (χ0) is 11.3. The minimum absolute atomic E-state index is 0.0639. The molecular weight excluding hydrogens is 194 g/mol. The van der Waals surface area contributed by atoms with Gasteiger partial charge in [0.2, 0.25) is 5.96 Å². The minimum atomic E-state index is -0.0639. The third kappa shape index (κ3) is 3.75. The fraction of sp³-hybridized carbons (Fsp3) is 0.778. The second kappa shape index (κ2) is 5.55. The summed E-state index contributed by atoms with van der Waals surface area (Å²) in [5, 5.41) is 0. The first-order valence-electron chi connectivity index (χ1n) is 5.14. The van der Waals surface area contributed by atoms with Crippen molar-refractivity contribution in [1.29, 1.82) is 0 Å². The van der Waals surface area contributed by atoms with Crippen LogP contribution in [0.4, 0.5) is 0 Å². The van der Waals surface area contributed by atoms with Gasteiger partial charge in [-0.1, -0.05) is 6.92 Å². The van der Waals surface area contributed by atoms with Crippen molar-refractivity contribution >= 4 is 11.9 Å². The van der Waals surface area contributed by atoms with Gasteiger partial charge in [-0.2, -0.15) is 4.99 Å². The Morgan fingerprint density at radius 2 is 2.13 bits per heavy atom. The Labute approximate surface area is 89.6 Å². The van der Waals surface area contributed by atoms with Crippen LogP contribution in [0.2, 0.25) is 0 Å². The number of guanidine groups is 2. The molecule has 6 heteroatoms. The van der Waals surface area contributed by atoms with Crippen LogP contribution >= 0.6 is 0 Å². The molecule has 0 bridgehead atoms. The van der Waals surface area contributed by atoms with Gasteiger partial charge in [0.1, 0.15) is 0 Å². The lowest BCUT2D eigenvalue weighted by molar-refractivity contribution is 0.0893. The van der Waals surface area contributed by atoms with E-state index in [4.69, 9.17) is 21.9 Å². The van der Waals surface area contributed by atoms with E-state index in [0.717, 1.165) is 19.4 Å². The Bertz CT molecular complexity index is 259. The molecule has 0 aromatic rings. The molecule has 1 rings (SSSR count). The highest BCUT2D eigenvalue weighted by molar-refractivity contribution is 5.92. The highest BCUT2D eigenvalue weighted by Crippen LogP contribution is 2.23. The van der Waals surface area contributed by atoms with E-state index in [1.54, 1.807) is 0 Å². The third-order valence-corrected chi connectivity index (χ3v) is 2.48. The van der Waals surface area contributed by atoms with Crippen molar-refractivity contribution < 1.29 is 4.74 Å². The molecule has 1 aliphatic heterocycles. The van der Waals surface area contributed by atoms with E-state index in [0.29, 0.717) is 18.6 Å². The molecule has 0 aromatic carbocycles. The Morgan fingerprint density at radius 1 is 1.40 bits per heavy atom. The predicted molar refractivity (Wildman–Crippen MR) is 60.4 cm³/mol. The summed E-state index contributed by atoms with van der Waals surface area (Å²) in [6, 6.07) is 0. The van der Waals surface area contributed by atoms with Crippen molar-refractivity contribution in [2.45, 2.75) is 25.9 Å². The van der Waals surface area contributed by atoms with Crippen molar-refractivity contribution in [3.8, 4) is 0 Å². The highest BCUT2D eigenvalue weighted by atomic mass is 16.5. The van der Waals surface area contributed by atoms with Crippen molar-refractivity contribution in [3.63, 3.8) is 0 Å². The van der Waals surface area contributed by atoms with Gasteiger partial charge in [0.05, 0.1) is 6.10 Å². The van der Waals surface area contributed by atoms with Crippen LogP contribution in [0, 0.1) is 5.92 Å². The highest BCUT2D eigenvalue weighted by Gasteiger charge is 2.26. The smallest absolute Gasteiger partial charge is 0.218 e. The van der Waals surface area contributed by atoms with Crippen molar-refractivity contribution in [2.75, 3.05) is 13.2 Å². The Hall–Kier alpha value is -1.30. The summed E-state index contributed by atoms with van der Waals surface area (Å²) in [5.74, 6) is 0.505. The maximum atomic E-state index is 5.53. The monoisotopic (exact) mass is 213 g/mol. The summed E-state index contributed by atoms with van der Waals surface area (Å²) in [6.07, 6.45) is 2.32. The summed E-state index contributed by atoms with van der Waals surface area (Å²) in [5.41, 5.74) is 15.8. The first-order valence-corrected chi connectivity index (χ1v) is 5.14. The summed E-state index contributed by atoms with van der Waals surface area (Å²) < 4.78 is 5.53. The normalized spacial score (nSPS) is 26.6. The van der Waals surface area contributed by atoms with Gasteiger partial charge >= 0.3 is 0 Å². The zero-order valence-electron chi connectivity index (χ0n) is 9.02. The molecule has 1 saturated heterocycles. The van der Waals surface area contributed by atoms with Gasteiger partial charge in [0, 0.05) is 19.1 Å². The van der Waals surface area contributed by atoms with E-state index in [2.05, 4.69) is 16.9 Å². The number of hydrogen-bond acceptors (Lipinski definition) is 2. The molecule has 1 aliphatic rings. The molecule has 0 spiro atoms. The van der Waals surface area contributed by atoms with Crippen LogP contribution in [0.3, 0.4) is 0 Å². The molecular formula is C9H19N5O. The zero-order valence-corrected chi connectivity index (χ0v) is 9.02. The largest absolute Gasteiger partial charge is 0.378 e. The van der Waals surface area contributed by atoms with Crippen molar-refractivity contribution in [3.05, 3.63) is 0 Å². The van der Waals surface area contributed by atoms with E-state index in [1.165, 1.54) is 0 Å². The van der Waals surface area contributed by atoms with Crippen LogP contribution in [0.25, 0.3) is 0 Å². The number of ether oxygens (including phenoxy) is 1. The first kappa shape index (κ1) is 11.8. The molecule has 1 fully saturated rings. The van der Waals surface area contributed by atoms with E-state index in [1.807, 2.05) is 0 Å². The van der Waals surface area contributed by atoms with Gasteiger partial charge in [-0.3, -0.25) is 4.99 Å². The number of hydrogen-bond donors (Lipinski definition) is 3. The Kier molecular flexibility index (Phi) is 4.36. The lowest BCUT2D eigenvalue weighted by Crippen LogP contribution is -2.27. The van der Waals surface area contributed by atoms with E-state index >= 15 is 0 Å². The molecule has 0 aromatic heterocycles. The first-order chi connectivity index (χ1) is 7.13. The SMILES string of the molecule is CCC1OCCC1CN=C(N)N=C(N)N. The molecule has 0 radical (unpaired) electrons. The van der Waals surface area contributed by atoms with Gasteiger partial charge in [0.15, 0.2) is 5.96 Å². The number of aliphatic imine (C=N–C) groups is 2.